The van der Waals surface area contributed by atoms with Gasteiger partial charge in [-0.3, -0.25) is 9.36 Å². The van der Waals surface area contributed by atoms with Gasteiger partial charge in [-0.1, -0.05) is 0 Å². The van der Waals surface area contributed by atoms with Gasteiger partial charge in [0.25, 0.3) is 0 Å². The molecule has 0 fully saturated rings. The van der Waals surface area contributed by atoms with E-state index < -0.39 is 0 Å². The zero-order valence-corrected chi connectivity index (χ0v) is 12.4. The molecule has 20 heavy (non-hydrogen) atoms. The van der Waals surface area contributed by atoms with Gasteiger partial charge in [0.05, 0.1) is 6.20 Å². The highest BCUT2D eigenvalue weighted by atomic mass is 32.1. The molecule has 2 aromatic rings. The maximum atomic E-state index is 5.23. The van der Waals surface area contributed by atoms with Crippen molar-refractivity contribution in [2.24, 2.45) is 0 Å². The molecule has 0 bridgehead atoms. The van der Waals surface area contributed by atoms with Crippen LogP contribution in [0.5, 0.6) is 0 Å². The lowest BCUT2D eigenvalue weighted by Crippen LogP contribution is -2.35. The molecule has 2 heterocycles. The number of rotatable bonds is 7. The highest BCUT2D eigenvalue weighted by Crippen LogP contribution is 1.96. The minimum absolute atomic E-state index is 0.676. The molecule has 0 aliphatic heterocycles. The van der Waals surface area contributed by atoms with Gasteiger partial charge in [0.15, 0.2) is 5.11 Å². The van der Waals surface area contributed by atoms with E-state index in [1.807, 2.05) is 34.0 Å². The van der Waals surface area contributed by atoms with Gasteiger partial charge >= 0.3 is 0 Å². The molecular weight excluding hydrogens is 272 g/mol. The Morgan fingerprint density at radius 3 is 2.90 bits per heavy atom. The van der Waals surface area contributed by atoms with Crippen LogP contribution in [0.4, 0.5) is 0 Å². The lowest BCUT2D eigenvalue weighted by molar-refractivity contribution is 0.571. The highest BCUT2D eigenvalue weighted by molar-refractivity contribution is 7.80. The van der Waals surface area contributed by atoms with Crippen LogP contribution in [0.3, 0.4) is 0 Å². The summed E-state index contributed by atoms with van der Waals surface area (Å²) in [5.74, 6) is 0. The average Bonchev–Trinajstić information content (AvgIpc) is 3.12. The Bertz CT molecular complexity index is 519. The predicted molar refractivity (Wildman–Crippen MR) is 82.2 cm³/mol. The Kier molecular flexibility index (Phi) is 5.55. The Morgan fingerprint density at radius 1 is 1.30 bits per heavy atom. The second kappa shape index (κ2) is 7.64. The Morgan fingerprint density at radius 2 is 2.20 bits per heavy atom. The quantitative estimate of drug-likeness (QED) is 0.592. The van der Waals surface area contributed by atoms with Crippen LogP contribution in [0.25, 0.3) is 0 Å². The monoisotopic (exact) mass is 292 g/mol. The number of aromatic nitrogens is 4. The summed E-state index contributed by atoms with van der Waals surface area (Å²) >= 11 is 5.23. The summed E-state index contributed by atoms with van der Waals surface area (Å²) in [4.78, 5) is 0. The second-order valence-corrected chi connectivity index (χ2v) is 4.84. The predicted octanol–water partition coefficient (Wildman–Crippen LogP) is 1.15. The largest absolute Gasteiger partial charge is 0.363 e. The summed E-state index contributed by atoms with van der Waals surface area (Å²) in [7, 11) is 0. The van der Waals surface area contributed by atoms with Gasteiger partial charge in [0.1, 0.15) is 0 Å². The molecule has 0 spiro atoms. The molecule has 0 aromatic carbocycles. The van der Waals surface area contributed by atoms with Crippen LogP contribution in [0.2, 0.25) is 0 Å². The zero-order chi connectivity index (χ0) is 14.2. The van der Waals surface area contributed by atoms with Crippen LogP contribution in [0.15, 0.2) is 30.9 Å². The highest BCUT2D eigenvalue weighted by Gasteiger charge is 1.99. The Balaban J connectivity index is 1.58. The molecule has 6 nitrogen and oxygen atoms in total. The van der Waals surface area contributed by atoms with Crippen LogP contribution in [0.1, 0.15) is 18.9 Å². The van der Waals surface area contributed by atoms with Crippen molar-refractivity contribution >= 4 is 17.3 Å². The van der Waals surface area contributed by atoms with E-state index in [0.29, 0.717) is 11.7 Å². The van der Waals surface area contributed by atoms with Crippen molar-refractivity contribution in [1.29, 1.82) is 0 Å². The Hall–Kier alpha value is -1.89. The fraction of sp³-hybridized carbons (Fsp3) is 0.462. The minimum Gasteiger partial charge on any atom is -0.363 e. The molecule has 0 aliphatic rings. The van der Waals surface area contributed by atoms with E-state index >= 15 is 0 Å². The molecule has 2 N–H and O–H groups in total. The van der Waals surface area contributed by atoms with Gasteiger partial charge in [0, 0.05) is 50.3 Å². The first-order valence-corrected chi connectivity index (χ1v) is 7.19. The number of hydrogen-bond donors (Lipinski definition) is 2. The third-order valence-electron chi connectivity index (χ3n) is 2.87. The van der Waals surface area contributed by atoms with E-state index in [1.165, 1.54) is 0 Å². The average molecular weight is 292 g/mol. The van der Waals surface area contributed by atoms with E-state index in [4.69, 9.17) is 12.2 Å². The van der Waals surface area contributed by atoms with Crippen molar-refractivity contribution in [1.82, 2.24) is 30.2 Å². The summed E-state index contributed by atoms with van der Waals surface area (Å²) in [5.41, 5.74) is 1.13. The van der Waals surface area contributed by atoms with E-state index in [2.05, 4.69) is 27.8 Å². The fourth-order valence-corrected chi connectivity index (χ4v) is 1.97. The number of thiocarbonyl (C=S) groups is 1. The molecule has 0 saturated heterocycles. The zero-order valence-electron chi connectivity index (χ0n) is 11.6. The first kappa shape index (κ1) is 14.5. The lowest BCUT2D eigenvalue weighted by atomic mass is 10.3. The van der Waals surface area contributed by atoms with Crippen molar-refractivity contribution in [3.63, 3.8) is 0 Å². The summed E-state index contributed by atoms with van der Waals surface area (Å²) < 4.78 is 3.81. The van der Waals surface area contributed by atoms with Crippen LogP contribution >= 0.6 is 12.2 Å². The molecular formula is C13H20N6S. The summed E-state index contributed by atoms with van der Waals surface area (Å²) in [6.45, 7) is 5.38. The summed E-state index contributed by atoms with van der Waals surface area (Å²) in [6, 6.07) is 1.93. The van der Waals surface area contributed by atoms with E-state index in [0.717, 1.165) is 31.6 Å². The lowest BCUT2D eigenvalue weighted by Gasteiger charge is -2.09. The molecule has 7 heteroatoms. The van der Waals surface area contributed by atoms with Gasteiger partial charge in [0.2, 0.25) is 0 Å². The molecule has 0 unspecified atom stereocenters. The van der Waals surface area contributed by atoms with Crippen molar-refractivity contribution in [3.8, 4) is 0 Å². The van der Waals surface area contributed by atoms with Gasteiger partial charge in [-0.25, -0.2) is 0 Å². The molecule has 0 radical (unpaired) electrons. The number of nitrogens with zero attached hydrogens (tertiary/aromatic N) is 4. The van der Waals surface area contributed by atoms with Crippen molar-refractivity contribution in [3.05, 3.63) is 36.4 Å². The third kappa shape index (κ3) is 4.65. The SMILES string of the molecule is CCn1cc(CNC(=S)NCCCn2cccn2)cn1. The topological polar surface area (TPSA) is 59.7 Å². The second-order valence-electron chi connectivity index (χ2n) is 4.44. The fourth-order valence-electron chi connectivity index (χ4n) is 1.79. The molecule has 2 aromatic heterocycles. The minimum atomic E-state index is 0.676. The van der Waals surface area contributed by atoms with Crippen molar-refractivity contribution in [2.45, 2.75) is 33.0 Å². The Labute approximate surface area is 124 Å². The number of aryl methyl sites for hydroxylation is 2. The number of nitrogens with one attached hydrogen (secondary N) is 2. The maximum Gasteiger partial charge on any atom is 0.166 e. The molecule has 108 valence electrons. The van der Waals surface area contributed by atoms with Crippen LogP contribution in [0, 0.1) is 0 Å². The molecule has 2 rings (SSSR count). The van der Waals surface area contributed by atoms with Crippen molar-refractivity contribution in [2.75, 3.05) is 6.54 Å². The van der Waals surface area contributed by atoms with Gasteiger partial charge < -0.3 is 10.6 Å². The van der Waals surface area contributed by atoms with Crippen LogP contribution in [-0.4, -0.2) is 31.2 Å². The standard InChI is InChI=1S/C13H20N6S/c1-2-18-11-12(10-17-18)9-15-13(20)14-5-3-7-19-8-4-6-16-19/h4,6,8,10-11H,2-3,5,7,9H2,1H3,(H2,14,15,20). The molecule has 0 atom stereocenters. The normalized spacial score (nSPS) is 10.4. The third-order valence-corrected chi connectivity index (χ3v) is 3.16. The summed E-state index contributed by atoms with van der Waals surface area (Å²) in [6.07, 6.45) is 8.61. The summed E-state index contributed by atoms with van der Waals surface area (Å²) in [5, 5.41) is 15.4. The smallest absolute Gasteiger partial charge is 0.166 e. The molecule has 0 saturated carbocycles. The van der Waals surface area contributed by atoms with Crippen LogP contribution < -0.4 is 10.6 Å². The van der Waals surface area contributed by atoms with E-state index in [-0.39, 0.29) is 0 Å². The first-order valence-electron chi connectivity index (χ1n) is 6.78. The number of hydrogen-bond acceptors (Lipinski definition) is 3. The van der Waals surface area contributed by atoms with Crippen molar-refractivity contribution < 1.29 is 0 Å². The van der Waals surface area contributed by atoms with E-state index in [1.54, 1.807) is 6.20 Å². The molecule has 0 amide bonds. The first-order chi connectivity index (χ1) is 9.78. The van der Waals surface area contributed by atoms with Gasteiger partial charge in [-0.05, 0) is 31.6 Å². The van der Waals surface area contributed by atoms with E-state index in [9.17, 15) is 0 Å². The van der Waals surface area contributed by atoms with Gasteiger partial charge in [-0.15, -0.1) is 0 Å². The maximum absolute atomic E-state index is 5.23. The van der Waals surface area contributed by atoms with Gasteiger partial charge in [-0.2, -0.15) is 10.2 Å². The molecule has 0 aliphatic carbocycles. The van der Waals surface area contributed by atoms with Crippen LogP contribution in [-0.2, 0) is 19.6 Å².